The average Bonchev–Trinajstić information content (AvgIpc) is 3.11. The van der Waals surface area contributed by atoms with Gasteiger partial charge in [-0.15, -0.1) is 0 Å². The molecule has 132 valence electrons. The van der Waals surface area contributed by atoms with E-state index < -0.39 is 17.2 Å². The van der Waals surface area contributed by atoms with Crippen molar-refractivity contribution in [2.24, 2.45) is 7.05 Å². The van der Waals surface area contributed by atoms with E-state index in [1.165, 1.54) is 17.8 Å². The van der Waals surface area contributed by atoms with Gasteiger partial charge < -0.3 is 14.2 Å². The van der Waals surface area contributed by atoms with Crippen LogP contribution in [0, 0.1) is 0 Å². The van der Waals surface area contributed by atoms with Crippen LogP contribution < -0.4 is 11.2 Å². The van der Waals surface area contributed by atoms with Crippen LogP contribution in [-0.2, 0) is 18.3 Å². The van der Waals surface area contributed by atoms with E-state index in [1.807, 2.05) is 12.1 Å². The molecular formula is C17H20N4O4. The van der Waals surface area contributed by atoms with E-state index >= 15 is 0 Å². The normalized spacial score (nSPS) is 16.8. The minimum atomic E-state index is -0.680. The highest BCUT2D eigenvalue weighted by Crippen LogP contribution is 2.16. The van der Waals surface area contributed by atoms with Crippen LogP contribution in [0.4, 0.5) is 0 Å². The summed E-state index contributed by atoms with van der Waals surface area (Å²) >= 11 is 0. The second-order valence-electron chi connectivity index (χ2n) is 6.09. The minimum absolute atomic E-state index is 0.0441. The maximum absolute atomic E-state index is 12.9. The molecule has 1 aliphatic heterocycles. The molecule has 3 rings (SSSR count). The molecule has 0 aromatic carbocycles. The SMILES string of the molecule is Cn1cc(C(=O)N(Cc2ccncc2)C[C@H]2CCCO2)c(=O)[nH]c1=O. The number of pyridine rings is 1. The lowest BCUT2D eigenvalue weighted by Gasteiger charge is -2.25. The van der Waals surface area contributed by atoms with Gasteiger partial charge in [-0.1, -0.05) is 0 Å². The van der Waals surface area contributed by atoms with Gasteiger partial charge in [0.25, 0.3) is 11.5 Å². The van der Waals surface area contributed by atoms with Crippen molar-refractivity contribution in [3.05, 3.63) is 62.7 Å². The van der Waals surface area contributed by atoms with Crippen LogP contribution in [0.3, 0.4) is 0 Å². The number of nitrogens with one attached hydrogen (secondary N) is 1. The van der Waals surface area contributed by atoms with Gasteiger partial charge in [0.15, 0.2) is 0 Å². The smallest absolute Gasteiger partial charge is 0.328 e. The van der Waals surface area contributed by atoms with Gasteiger partial charge in [-0.2, -0.15) is 0 Å². The lowest BCUT2D eigenvalue weighted by Crippen LogP contribution is -2.41. The quantitative estimate of drug-likeness (QED) is 0.841. The van der Waals surface area contributed by atoms with Crippen molar-refractivity contribution in [2.45, 2.75) is 25.5 Å². The lowest BCUT2D eigenvalue weighted by molar-refractivity contribution is 0.0505. The molecule has 1 aliphatic rings. The fourth-order valence-corrected chi connectivity index (χ4v) is 2.85. The van der Waals surface area contributed by atoms with Gasteiger partial charge >= 0.3 is 5.69 Å². The Kier molecular flexibility index (Phi) is 5.08. The molecule has 1 N–H and O–H groups in total. The summed E-state index contributed by atoms with van der Waals surface area (Å²) in [6.07, 6.45) is 6.38. The first-order valence-electron chi connectivity index (χ1n) is 8.14. The first-order chi connectivity index (χ1) is 12.0. The Bertz CT molecular complexity index is 853. The van der Waals surface area contributed by atoms with Gasteiger partial charge in [-0.05, 0) is 30.5 Å². The fourth-order valence-electron chi connectivity index (χ4n) is 2.85. The van der Waals surface area contributed by atoms with E-state index in [2.05, 4.69) is 9.97 Å². The van der Waals surface area contributed by atoms with Crippen LogP contribution >= 0.6 is 0 Å². The fraction of sp³-hybridized carbons (Fsp3) is 0.412. The molecule has 0 spiro atoms. The summed E-state index contributed by atoms with van der Waals surface area (Å²) in [5.74, 6) is -0.427. The zero-order chi connectivity index (χ0) is 17.8. The van der Waals surface area contributed by atoms with Crippen molar-refractivity contribution in [1.82, 2.24) is 19.4 Å². The molecule has 0 bridgehead atoms. The average molecular weight is 344 g/mol. The third-order valence-corrected chi connectivity index (χ3v) is 4.20. The number of rotatable bonds is 5. The molecule has 25 heavy (non-hydrogen) atoms. The molecule has 2 aromatic rings. The molecule has 8 nitrogen and oxygen atoms in total. The van der Waals surface area contributed by atoms with Gasteiger partial charge in [-0.25, -0.2) is 4.79 Å². The number of H-pyrrole nitrogens is 1. The van der Waals surface area contributed by atoms with Crippen LogP contribution in [0.1, 0.15) is 28.8 Å². The van der Waals surface area contributed by atoms with E-state index in [9.17, 15) is 14.4 Å². The topological polar surface area (TPSA) is 97.3 Å². The third-order valence-electron chi connectivity index (χ3n) is 4.20. The van der Waals surface area contributed by atoms with E-state index in [1.54, 1.807) is 17.3 Å². The predicted molar refractivity (Wildman–Crippen MR) is 90.3 cm³/mol. The molecule has 1 amide bonds. The highest BCUT2D eigenvalue weighted by molar-refractivity contribution is 5.93. The molecule has 0 radical (unpaired) electrons. The van der Waals surface area contributed by atoms with Gasteiger partial charge in [0.1, 0.15) is 5.56 Å². The predicted octanol–water partition coefficient (Wildman–Crippen LogP) is 0.290. The number of aromatic amines is 1. The zero-order valence-electron chi connectivity index (χ0n) is 14.0. The summed E-state index contributed by atoms with van der Waals surface area (Å²) < 4.78 is 6.82. The van der Waals surface area contributed by atoms with E-state index in [-0.39, 0.29) is 11.7 Å². The third kappa shape index (κ3) is 4.03. The maximum Gasteiger partial charge on any atom is 0.328 e. The van der Waals surface area contributed by atoms with E-state index in [0.29, 0.717) is 19.7 Å². The monoisotopic (exact) mass is 344 g/mol. The molecule has 8 heteroatoms. The number of nitrogens with zero attached hydrogens (tertiary/aromatic N) is 3. The van der Waals surface area contributed by atoms with Gasteiger partial charge in [0, 0.05) is 45.3 Å². The molecule has 1 fully saturated rings. The Hall–Kier alpha value is -2.74. The standard InChI is InChI=1S/C17H20N4O4/c1-20-11-14(15(22)19-17(20)24)16(23)21(10-13-3-2-8-25-13)9-12-4-6-18-7-5-12/h4-7,11,13H,2-3,8-10H2,1H3,(H,19,22,24)/t13-/m1/s1. The summed E-state index contributed by atoms with van der Waals surface area (Å²) in [4.78, 5) is 44.2. The van der Waals surface area contributed by atoms with Gasteiger partial charge in [0.05, 0.1) is 6.10 Å². The van der Waals surface area contributed by atoms with E-state index in [0.717, 1.165) is 18.4 Å². The number of hydrogen-bond acceptors (Lipinski definition) is 5. The molecule has 0 saturated carbocycles. The molecule has 2 aromatic heterocycles. The second-order valence-corrected chi connectivity index (χ2v) is 6.09. The van der Waals surface area contributed by atoms with Crippen molar-refractivity contribution >= 4 is 5.91 Å². The number of aromatic nitrogens is 3. The van der Waals surface area contributed by atoms with Crippen LogP contribution in [0.2, 0.25) is 0 Å². The summed E-state index contributed by atoms with van der Waals surface area (Å²) in [6.45, 7) is 1.41. The summed E-state index contributed by atoms with van der Waals surface area (Å²) in [5, 5.41) is 0. The van der Waals surface area contributed by atoms with Crippen molar-refractivity contribution in [2.75, 3.05) is 13.2 Å². The number of aryl methyl sites for hydroxylation is 1. The highest BCUT2D eigenvalue weighted by Gasteiger charge is 2.25. The number of amides is 1. The van der Waals surface area contributed by atoms with Crippen molar-refractivity contribution in [3.63, 3.8) is 0 Å². The summed E-state index contributed by atoms with van der Waals surface area (Å²) in [5.41, 5.74) is -0.390. The van der Waals surface area contributed by atoms with Crippen molar-refractivity contribution in [3.8, 4) is 0 Å². The maximum atomic E-state index is 12.9. The Balaban J connectivity index is 1.89. The van der Waals surface area contributed by atoms with Crippen LogP contribution in [0.25, 0.3) is 0 Å². The summed E-state index contributed by atoms with van der Waals surface area (Å²) in [6, 6.07) is 3.64. The molecular weight excluding hydrogens is 324 g/mol. The number of carbonyl (C=O) groups is 1. The Morgan fingerprint density at radius 2 is 2.16 bits per heavy atom. The molecule has 3 heterocycles. The van der Waals surface area contributed by atoms with Crippen molar-refractivity contribution in [1.29, 1.82) is 0 Å². The van der Waals surface area contributed by atoms with Crippen LogP contribution in [0.15, 0.2) is 40.3 Å². The summed E-state index contributed by atoms with van der Waals surface area (Å²) in [7, 11) is 1.49. The Labute approximate surface area is 144 Å². The second kappa shape index (κ2) is 7.43. The molecule has 1 atom stereocenters. The van der Waals surface area contributed by atoms with Gasteiger partial charge in [0.2, 0.25) is 0 Å². The minimum Gasteiger partial charge on any atom is -0.376 e. The van der Waals surface area contributed by atoms with Gasteiger partial charge in [-0.3, -0.25) is 19.6 Å². The molecule has 1 saturated heterocycles. The first-order valence-corrected chi connectivity index (χ1v) is 8.14. The number of carbonyl (C=O) groups excluding carboxylic acids is 1. The molecule has 0 unspecified atom stereocenters. The largest absolute Gasteiger partial charge is 0.376 e. The number of ether oxygens (including phenoxy) is 1. The Morgan fingerprint density at radius 1 is 1.40 bits per heavy atom. The first kappa shape index (κ1) is 17.1. The molecule has 0 aliphatic carbocycles. The Morgan fingerprint density at radius 3 is 2.84 bits per heavy atom. The van der Waals surface area contributed by atoms with Crippen molar-refractivity contribution < 1.29 is 9.53 Å². The van der Waals surface area contributed by atoms with Crippen LogP contribution in [-0.4, -0.2) is 44.6 Å². The highest BCUT2D eigenvalue weighted by atomic mass is 16.5. The zero-order valence-corrected chi connectivity index (χ0v) is 14.0. The van der Waals surface area contributed by atoms with Crippen LogP contribution in [0.5, 0.6) is 0 Å². The van der Waals surface area contributed by atoms with E-state index in [4.69, 9.17) is 4.74 Å². The lowest BCUT2D eigenvalue weighted by atomic mass is 10.1. The number of hydrogen-bond donors (Lipinski definition) is 1.